The normalized spacial score (nSPS) is 10.4. The summed E-state index contributed by atoms with van der Waals surface area (Å²) in [6, 6.07) is 12.6. The number of imide groups is 1. The second kappa shape index (κ2) is 8.41. The van der Waals surface area contributed by atoms with Crippen LogP contribution in [0.2, 0.25) is 0 Å². The van der Waals surface area contributed by atoms with Crippen LogP contribution in [0.15, 0.2) is 47.8 Å². The predicted octanol–water partition coefficient (Wildman–Crippen LogP) is 3.39. The number of hydrogen-bond donors (Lipinski definition) is 1. The number of ether oxygens (including phenoxy) is 2. The molecule has 1 N–H and O–H groups in total. The van der Waals surface area contributed by atoms with Crippen molar-refractivity contribution >= 4 is 40.2 Å². The van der Waals surface area contributed by atoms with Crippen molar-refractivity contribution < 1.29 is 23.9 Å². The number of aromatic nitrogens is 1. The summed E-state index contributed by atoms with van der Waals surface area (Å²) in [5.74, 6) is -1.44. The van der Waals surface area contributed by atoms with E-state index in [1.54, 1.807) is 31.2 Å². The van der Waals surface area contributed by atoms with E-state index >= 15 is 0 Å². The summed E-state index contributed by atoms with van der Waals surface area (Å²) >= 11 is 1.50. The van der Waals surface area contributed by atoms with Crippen molar-refractivity contribution in [2.24, 2.45) is 0 Å². The molecule has 0 fully saturated rings. The highest BCUT2D eigenvalue weighted by Gasteiger charge is 2.17. The Hall–Kier alpha value is -3.26. The number of nitrogens with one attached hydrogen (secondary N) is 1. The number of nitrogens with zero attached hydrogens (tertiary/aromatic N) is 1. The lowest BCUT2D eigenvalue weighted by molar-refractivity contribution is -0.123. The van der Waals surface area contributed by atoms with Crippen LogP contribution in [0.1, 0.15) is 17.3 Å². The second-order valence-corrected chi connectivity index (χ2v) is 6.34. The lowest BCUT2D eigenvalue weighted by Gasteiger charge is -2.09. The number of benzene rings is 1. The van der Waals surface area contributed by atoms with Crippen LogP contribution in [0.3, 0.4) is 0 Å². The lowest BCUT2D eigenvalue weighted by Crippen LogP contribution is -2.34. The van der Waals surface area contributed by atoms with Crippen molar-refractivity contribution in [1.29, 1.82) is 0 Å². The van der Waals surface area contributed by atoms with Gasteiger partial charge in [-0.25, -0.2) is 14.6 Å². The van der Waals surface area contributed by atoms with Crippen LogP contribution in [0.25, 0.3) is 21.5 Å². The molecule has 7 nitrogen and oxygen atoms in total. The summed E-state index contributed by atoms with van der Waals surface area (Å²) in [4.78, 5) is 40.9. The molecular weight excluding hydrogens is 368 g/mol. The Morgan fingerprint density at radius 3 is 2.67 bits per heavy atom. The molecule has 27 heavy (non-hydrogen) atoms. The first kappa shape index (κ1) is 18.5. The Labute approximate surface area is 158 Å². The van der Waals surface area contributed by atoms with Gasteiger partial charge in [0.15, 0.2) is 6.61 Å². The monoisotopic (exact) mass is 384 g/mol. The Kier molecular flexibility index (Phi) is 5.77. The number of amides is 2. The number of pyridine rings is 1. The quantitative estimate of drug-likeness (QED) is 0.678. The molecule has 2 amide bonds. The van der Waals surface area contributed by atoms with Gasteiger partial charge in [-0.2, -0.15) is 0 Å². The summed E-state index contributed by atoms with van der Waals surface area (Å²) in [5.41, 5.74) is 1.59. The van der Waals surface area contributed by atoms with Crippen LogP contribution < -0.4 is 5.32 Å². The van der Waals surface area contributed by atoms with Crippen LogP contribution in [0.5, 0.6) is 0 Å². The first-order valence-corrected chi connectivity index (χ1v) is 9.04. The van der Waals surface area contributed by atoms with Gasteiger partial charge in [0.25, 0.3) is 5.91 Å². The highest BCUT2D eigenvalue weighted by molar-refractivity contribution is 7.13. The van der Waals surface area contributed by atoms with Gasteiger partial charge in [0.05, 0.1) is 28.3 Å². The van der Waals surface area contributed by atoms with Gasteiger partial charge in [-0.1, -0.05) is 24.3 Å². The average Bonchev–Trinajstić information content (AvgIpc) is 3.20. The third-order valence-corrected chi connectivity index (χ3v) is 4.45. The number of carbonyl (C=O) groups excluding carboxylic acids is 3. The molecule has 2 aromatic heterocycles. The number of hydrogen-bond acceptors (Lipinski definition) is 7. The zero-order chi connectivity index (χ0) is 19.2. The minimum Gasteiger partial charge on any atom is -0.452 e. The largest absolute Gasteiger partial charge is 0.452 e. The smallest absolute Gasteiger partial charge is 0.413 e. The molecule has 3 rings (SSSR count). The number of carbonyl (C=O) groups is 3. The van der Waals surface area contributed by atoms with Crippen molar-refractivity contribution in [3.63, 3.8) is 0 Å². The first-order valence-electron chi connectivity index (χ1n) is 8.16. The number of fused-ring (bicyclic) bond motifs is 1. The van der Waals surface area contributed by atoms with Gasteiger partial charge in [0, 0.05) is 5.39 Å². The van der Waals surface area contributed by atoms with Crippen LogP contribution in [-0.4, -0.2) is 36.2 Å². The zero-order valence-electron chi connectivity index (χ0n) is 14.4. The van der Waals surface area contributed by atoms with E-state index in [9.17, 15) is 14.4 Å². The van der Waals surface area contributed by atoms with Crippen molar-refractivity contribution in [3.8, 4) is 10.6 Å². The number of rotatable bonds is 5. The first-order chi connectivity index (χ1) is 13.1. The SMILES string of the molecule is CCOC(=O)NC(=O)COC(=O)c1cc(-c2cccs2)nc2ccccc12. The number of para-hydroxylation sites is 1. The molecule has 8 heteroatoms. The summed E-state index contributed by atoms with van der Waals surface area (Å²) < 4.78 is 9.67. The maximum atomic E-state index is 12.6. The van der Waals surface area contributed by atoms with Crippen LogP contribution in [-0.2, 0) is 14.3 Å². The number of alkyl carbamates (subject to hydrolysis) is 1. The summed E-state index contributed by atoms with van der Waals surface area (Å²) in [5, 5.41) is 4.51. The number of esters is 1. The second-order valence-electron chi connectivity index (χ2n) is 5.39. The van der Waals surface area contributed by atoms with E-state index in [1.165, 1.54) is 11.3 Å². The lowest BCUT2D eigenvalue weighted by atomic mass is 10.1. The molecule has 0 saturated heterocycles. The molecule has 0 spiro atoms. The molecule has 138 valence electrons. The van der Waals surface area contributed by atoms with E-state index in [4.69, 9.17) is 4.74 Å². The highest BCUT2D eigenvalue weighted by atomic mass is 32.1. The Balaban J connectivity index is 1.81. The Bertz CT molecular complexity index is 985. The fraction of sp³-hybridized carbons (Fsp3) is 0.158. The van der Waals surface area contributed by atoms with Crippen molar-refractivity contribution in [3.05, 3.63) is 53.4 Å². The predicted molar refractivity (Wildman–Crippen MR) is 101 cm³/mol. The zero-order valence-corrected chi connectivity index (χ0v) is 15.2. The van der Waals surface area contributed by atoms with Crippen LogP contribution >= 0.6 is 11.3 Å². The van der Waals surface area contributed by atoms with Gasteiger partial charge in [-0.05, 0) is 30.5 Å². The molecule has 1 aromatic carbocycles. The van der Waals surface area contributed by atoms with Crippen molar-refractivity contribution in [2.45, 2.75) is 6.92 Å². The Morgan fingerprint density at radius 1 is 1.11 bits per heavy atom. The molecule has 0 aliphatic carbocycles. The van der Waals surface area contributed by atoms with Gasteiger partial charge < -0.3 is 9.47 Å². The Morgan fingerprint density at radius 2 is 1.93 bits per heavy atom. The average molecular weight is 384 g/mol. The fourth-order valence-electron chi connectivity index (χ4n) is 2.42. The van der Waals surface area contributed by atoms with Gasteiger partial charge >= 0.3 is 12.1 Å². The molecule has 0 atom stereocenters. The number of thiophene rings is 1. The third-order valence-electron chi connectivity index (χ3n) is 3.56. The maximum absolute atomic E-state index is 12.6. The van der Waals surface area contributed by atoms with E-state index in [0.29, 0.717) is 22.2 Å². The molecule has 0 saturated carbocycles. The van der Waals surface area contributed by atoms with Crippen molar-refractivity contribution in [1.82, 2.24) is 10.3 Å². The van der Waals surface area contributed by atoms with Gasteiger partial charge in [0.2, 0.25) is 0 Å². The van der Waals surface area contributed by atoms with Crippen LogP contribution in [0.4, 0.5) is 4.79 Å². The minimum atomic E-state index is -0.882. The topological polar surface area (TPSA) is 94.6 Å². The van der Waals surface area contributed by atoms with Crippen LogP contribution in [0, 0.1) is 0 Å². The van der Waals surface area contributed by atoms with Gasteiger partial charge in [0.1, 0.15) is 0 Å². The highest BCUT2D eigenvalue weighted by Crippen LogP contribution is 2.28. The maximum Gasteiger partial charge on any atom is 0.413 e. The van der Waals surface area contributed by atoms with Gasteiger partial charge in [-0.15, -0.1) is 11.3 Å². The summed E-state index contributed by atoms with van der Waals surface area (Å²) in [6.07, 6.45) is -0.882. The van der Waals surface area contributed by atoms with Crippen molar-refractivity contribution in [2.75, 3.05) is 13.2 Å². The molecule has 0 unspecified atom stereocenters. The minimum absolute atomic E-state index is 0.132. The summed E-state index contributed by atoms with van der Waals surface area (Å²) in [6.45, 7) is 1.15. The van der Waals surface area contributed by atoms with E-state index in [-0.39, 0.29) is 6.61 Å². The molecule has 0 radical (unpaired) electrons. The molecule has 3 aromatic rings. The fourth-order valence-corrected chi connectivity index (χ4v) is 3.11. The van der Waals surface area contributed by atoms with E-state index in [2.05, 4.69) is 9.72 Å². The molecule has 0 bridgehead atoms. The summed E-state index contributed by atoms with van der Waals surface area (Å²) in [7, 11) is 0. The van der Waals surface area contributed by atoms with E-state index in [0.717, 1.165) is 4.88 Å². The molecule has 0 aliphatic heterocycles. The molecule has 2 heterocycles. The van der Waals surface area contributed by atoms with E-state index < -0.39 is 24.6 Å². The van der Waals surface area contributed by atoms with Gasteiger partial charge in [-0.3, -0.25) is 10.1 Å². The standard InChI is InChI=1S/C19H16N2O5S/c1-2-25-19(24)21-17(22)11-26-18(23)13-10-15(16-8-5-9-27-16)20-14-7-4-3-6-12(13)14/h3-10H,2,11H2,1H3,(H,21,22,24). The molecular formula is C19H16N2O5S. The van der Waals surface area contributed by atoms with E-state index in [1.807, 2.05) is 28.9 Å². The molecule has 0 aliphatic rings. The third kappa shape index (κ3) is 4.48.